The van der Waals surface area contributed by atoms with Crippen molar-refractivity contribution < 1.29 is 0 Å². The predicted octanol–water partition coefficient (Wildman–Crippen LogP) is 3.16. The molecule has 0 aromatic carbocycles. The highest BCUT2D eigenvalue weighted by Gasteiger charge is 2.16. The van der Waals surface area contributed by atoms with Crippen LogP contribution in [0.25, 0.3) is 16.6 Å². The van der Waals surface area contributed by atoms with Gasteiger partial charge in [0.05, 0.1) is 5.52 Å². The molecule has 0 atom stereocenters. The summed E-state index contributed by atoms with van der Waals surface area (Å²) in [6, 6.07) is 6.01. The van der Waals surface area contributed by atoms with Crippen molar-refractivity contribution in [3.05, 3.63) is 51.7 Å². The van der Waals surface area contributed by atoms with Gasteiger partial charge in [0.2, 0.25) is 0 Å². The Labute approximate surface area is 123 Å². The average Bonchev–Trinajstić information content (AvgIpc) is 2.43. The molecule has 0 aliphatic heterocycles. The molecule has 0 aliphatic carbocycles. The highest BCUT2D eigenvalue weighted by atomic mass is 16.1. The molecule has 4 nitrogen and oxygen atoms in total. The lowest BCUT2D eigenvalue weighted by atomic mass is 9.91. The molecule has 108 valence electrons. The summed E-state index contributed by atoms with van der Waals surface area (Å²) in [6.45, 7) is 10.2. The maximum atomic E-state index is 12.0. The zero-order valence-electron chi connectivity index (χ0n) is 13.1. The fourth-order valence-corrected chi connectivity index (χ4v) is 2.45. The Hall–Kier alpha value is -2.23. The van der Waals surface area contributed by atoms with E-state index in [2.05, 4.69) is 25.8 Å². The van der Waals surface area contributed by atoms with Gasteiger partial charge in [0.1, 0.15) is 0 Å². The zero-order valence-corrected chi connectivity index (χ0v) is 13.1. The topological polar surface area (TPSA) is 47.3 Å². The molecule has 0 saturated carbocycles. The van der Waals surface area contributed by atoms with Gasteiger partial charge in [-0.1, -0.05) is 20.8 Å². The summed E-state index contributed by atoms with van der Waals surface area (Å²) >= 11 is 0. The first kappa shape index (κ1) is 13.7. The summed E-state index contributed by atoms with van der Waals surface area (Å²) in [5.41, 5.74) is 4.02. The second-order valence-corrected chi connectivity index (χ2v) is 6.52. The molecule has 3 heterocycles. The van der Waals surface area contributed by atoms with E-state index in [4.69, 9.17) is 4.98 Å². The Morgan fingerprint density at radius 2 is 1.76 bits per heavy atom. The van der Waals surface area contributed by atoms with Crippen LogP contribution in [0.15, 0.2) is 29.2 Å². The van der Waals surface area contributed by atoms with Gasteiger partial charge < -0.3 is 4.40 Å². The van der Waals surface area contributed by atoms with E-state index in [1.165, 1.54) is 0 Å². The second kappa shape index (κ2) is 4.38. The molecular weight excluding hydrogens is 262 g/mol. The minimum absolute atomic E-state index is 0.00337. The first-order chi connectivity index (χ1) is 9.79. The number of pyridine rings is 2. The maximum Gasteiger partial charge on any atom is 0.276 e. The molecule has 0 unspecified atom stereocenters. The summed E-state index contributed by atoms with van der Waals surface area (Å²) in [4.78, 5) is 20.9. The van der Waals surface area contributed by atoms with Crippen molar-refractivity contribution in [1.82, 2.24) is 14.4 Å². The van der Waals surface area contributed by atoms with Crippen LogP contribution in [0.4, 0.5) is 0 Å². The SMILES string of the molecule is Cc1c(C)n2ccc3nc(C(C)(C)C)ccc3c2nc1=O. The van der Waals surface area contributed by atoms with Crippen molar-refractivity contribution in [2.75, 3.05) is 0 Å². The van der Waals surface area contributed by atoms with Gasteiger partial charge in [-0.2, -0.15) is 4.98 Å². The first-order valence-corrected chi connectivity index (χ1v) is 7.09. The van der Waals surface area contributed by atoms with E-state index < -0.39 is 0 Å². The van der Waals surface area contributed by atoms with E-state index in [0.717, 1.165) is 22.3 Å². The molecule has 0 amide bonds. The van der Waals surface area contributed by atoms with E-state index in [9.17, 15) is 4.79 Å². The number of rotatable bonds is 0. The lowest BCUT2D eigenvalue weighted by Gasteiger charge is -2.18. The van der Waals surface area contributed by atoms with E-state index in [1.54, 1.807) is 0 Å². The second-order valence-electron chi connectivity index (χ2n) is 6.52. The van der Waals surface area contributed by atoms with Gasteiger partial charge in [-0.25, -0.2) is 0 Å². The van der Waals surface area contributed by atoms with Gasteiger partial charge in [0, 0.05) is 33.9 Å². The smallest absolute Gasteiger partial charge is 0.276 e. The van der Waals surface area contributed by atoms with Crippen LogP contribution in [0.2, 0.25) is 0 Å². The van der Waals surface area contributed by atoms with Gasteiger partial charge in [-0.3, -0.25) is 9.78 Å². The molecule has 0 fully saturated rings. The number of nitrogens with zero attached hydrogens (tertiary/aromatic N) is 3. The molecule has 0 aliphatic rings. The van der Waals surface area contributed by atoms with Crippen LogP contribution < -0.4 is 5.56 Å². The van der Waals surface area contributed by atoms with Crippen molar-refractivity contribution in [1.29, 1.82) is 0 Å². The maximum absolute atomic E-state index is 12.0. The predicted molar refractivity (Wildman–Crippen MR) is 84.9 cm³/mol. The third-order valence-electron chi connectivity index (χ3n) is 3.98. The van der Waals surface area contributed by atoms with Crippen molar-refractivity contribution in [3.63, 3.8) is 0 Å². The third-order valence-corrected chi connectivity index (χ3v) is 3.98. The molecule has 3 aromatic rings. The van der Waals surface area contributed by atoms with Crippen molar-refractivity contribution in [2.24, 2.45) is 0 Å². The normalized spacial score (nSPS) is 12.2. The molecule has 0 saturated heterocycles. The largest absolute Gasteiger partial charge is 0.305 e. The Kier molecular flexibility index (Phi) is 2.87. The van der Waals surface area contributed by atoms with Gasteiger partial charge in [0.25, 0.3) is 5.56 Å². The minimum atomic E-state index is -0.167. The van der Waals surface area contributed by atoms with Gasteiger partial charge in [-0.05, 0) is 32.0 Å². The Morgan fingerprint density at radius 1 is 1.05 bits per heavy atom. The van der Waals surface area contributed by atoms with E-state index in [0.29, 0.717) is 11.2 Å². The summed E-state index contributed by atoms with van der Waals surface area (Å²) < 4.78 is 1.96. The van der Waals surface area contributed by atoms with Crippen LogP contribution in [0.1, 0.15) is 37.7 Å². The van der Waals surface area contributed by atoms with E-state index >= 15 is 0 Å². The molecule has 0 spiro atoms. The highest BCUT2D eigenvalue weighted by Crippen LogP contribution is 2.24. The molecule has 0 bridgehead atoms. The Bertz CT molecular complexity index is 917. The summed E-state index contributed by atoms with van der Waals surface area (Å²) in [6.07, 6.45) is 1.94. The number of aryl methyl sites for hydroxylation is 1. The van der Waals surface area contributed by atoms with Crippen LogP contribution in [-0.2, 0) is 5.41 Å². The van der Waals surface area contributed by atoms with Crippen molar-refractivity contribution in [2.45, 2.75) is 40.0 Å². The molecule has 3 aromatic heterocycles. The monoisotopic (exact) mass is 281 g/mol. The quantitative estimate of drug-likeness (QED) is 0.595. The summed E-state index contributed by atoms with van der Waals surface area (Å²) in [7, 11) is 0. The molecule has 0 radical (unpaired) electrons. The molecular formula is C17H19N3O. The minimum Gasteiger partial charge on any atom is -0.305 e. The number of hydrogen-bond acceptors (Lipinski definition) is 3. The Balaban J connectivity index is 2.43. The summed E-state index contributed by atoms with van der Waals surface area (Å²) in [5, 5.41) is 0.908. The van der Waals surface area contributed by atoms with Crippen LogP contribution in [0.3, 0.4) is 0 Å². The van der Waals surface area contributed by atoms with Crippen molar-refractivity contribution in [3.8, 4) is 0 Å². The van der Waals surface area contributed by atoms with Crippen LogP contribution in [0, 0.1) is 13.8 Å². The average molecular weight is 281 g/mol. The van der Waals surface area contributed by atoms with Crippen LogP contribution in [-0.4, -0.2) is 14.4 Å². The molecule has 0 N–H and O–H groups in total. The van der Waals surface area contributed by atoms with E-state index in [-0.39, 0.29) is 11.0 Å². The van der Waals surface area contributed by atoms with E-state index in [1.807, 2.05) is 42.6 Å². The fraction of sp³-hybridized carbons (Fsp3) is 0.353. The molecule has 4 heteroatoms. The van der Waals surface area contributed by atoms with Crippen molar-refractivity contribution >= 4 is 16.6 Å². The highest BCUT2D eigenvalue weighted by molar-refractivity contribution is 5.91. The van der Waals surface area contributed by atoms with Gasteiger partial charge >= 0.3 is 0 Å². The number of hydrogen-bond donors (Lipinski definition) is 0. The number of fused-ring (bicyclic) bond motifs is 3. The number of aromatic nitrogens is 3. The lowest BCUT2D eigenvalue weighted by molar-refractivity contribution is 0.571. The van der Waals surface area contributed by atoms with Gasteiger partial charge in [0.15, 0.2) is 5.65 Å². The van der Waals surface area contributed by atoms with Crippen LogP contribution in [0.5, 0.6) is 0 Å². The fourth-order valence-electron chi connectivity index (χ4n) is 2.45. The first-order valence-electron chi connectivity index (χ1n) is 7.09. The van der Waals surface area contributed by atoms with Crippen LogP contribution >= 0.6 is 0 Å². The van der Waals surface area contributed by atoms with Gasteiger partial charge in [-0.15, -0.1) is 0 Å². The third kappa shape index (κ3) is 2.11. The standard InChI is InChI=1S/C17H19N3O/c1-10-11(2)20-9-8-13-12(15(20)19-16(10)21)6-7-14(18-13)17(3,4)5/h6-9H,1-5H3. The summed E-state index contributed by atoms with van der Waals surface area (Å²) in [5.74, 6) is 0. The molecule has 21 heavy (non-hydrogen) atoms. The molecule has 3 rings (SSSR count). The Morgan fingerprint density at radius 3 is 2.43 bits per heavy atom. The lowest BCUT2D eigenvalue weighted by Crippen LogP contribution is -2.16. The zero-order chi connectivity index (χ0) is 15.4.